The van der Waals surface area contributed by atoms with Crippen LogP contribution in [0.15, 0.2) is 29.4 Å². The Labute approximate surface area is 118 Å². The van der Waals surface area contributed by atoms with Crippen LogP contribution in [-0.2, 0) is 11.3 Å². The van der Waals surface area contributed by atoms with E-state index in [-0.39, 0.29) is 11.7 Å². The highest BCUT2D eigenvalue weighted by Crippen LogP contribution is 2.20. The molecule has 0 atom stereocenters. The van der Waals surface area contributed by atoms with E-state index in [1.54, 1.807) is 10.6 Å². The van der Waals surface area contributed by atoms with Crippen molar-refractivity contribution in [3.8, 4) is 0 Å². The Morgan fingerprint density at radius 1 is 1.47 bits per heavy atom. The van der Waals surface area contributed by atoms with E-state index in [0.29, 0.717) is 16.7 Å². The van der Waals surface area contributed by atoms with E-state index in [1.165, 1.54) is 0 Å². The lowest BCUT2D eigenvalue weighted by molar-refractivity contribution is -0.133. The van der Waals surface area contributed by atoms with Gasteiger partial charge in [0.25, 0.3) is 0 Å². The second-order valence-corrected chi connectivity index (χ2v) is 5.12. The lowest BCUT2D eigenvalue weighted by atomic mass is 10.2. The van der Waals surface area contributed by atoms with E-state index in [1.807, 2.05) is 18.2 Å². The van der Waals surface area contributed by atoms with E-state index >= 15 is 0 Å². The minimum atomic E-state index is -0.916. The third-order valence-corrected chi connectivity index (χ3v) is 3.49. The summed E-state index contributed by atoms with van der Waals surface area (Å²) >= 11 is 6.99. The maximum absolute atomic E-state index is 10.6. The minimum Gasteiger partial charge on any atom is -0.481 e. The summed E-state index contributed by atoms with van der Waals surface area (Å²) in [4.78, 5) is 10.6. The number of carbonyl (C=O) groups is 1. The predicted molar refractivity (Wildman–Crippen MR) is 73.3 cm³/mol. The number of anilines is 1. The van der Waals surface area contributed by atoms with Gasteiger partial charge in [0.1, 0.15) is 0 Å². The quantitative estimate of drug-likeness (QED) is 0.817. The summed E-state index contributed by atoms with van der Waals surface area (Å²) in [5, 5.41) is 17.4. The monoisotopic (exact) mass is 298 g/mol. The first kappa shape index (κ1) is 13.7. The molecule has 2 aromatic rings. The van der Waals surface area contributed by atoms with Crippen LogP contribution in [0.5, 0.6) is 0 Å². The van der Waals surface area contributed by atoms with Gasteiger partial charge in [0, 0.05) is 5.02 Å². The molecule has 2 rings (SSSR count). The number of thioether (sulfide) groups is 1. The number of aromatic nitrogens is 3. The second-order valence-electron chi connectivity index (χ2n) is 3.74. The number of carboxylic acid groups (broad SMARTS) is 1. The van der Waals surface area contributed by atoms with Crippen molar-refractivity contribution in [2.45, 2.75) is 11.7 Å². The molecule has 1 heterocycles. The Morgan fingerprint density at radius 2 is 2.26 bits per heavy atom. The molecule has 0 aliphatic rings. The third-order valence-electron chi connectivity index (χ3n) is 2.30. The molecule has 6 nitrogen and oxygen atoms in total. The van der Waals surface area contributed by atoms with E-state index in [4.69, 9.17) is 22.4 Å². The number of rotatable bonds is 5. The number of nitrogen functional groups attached to an aromatic ring is 1. The standard InChI is InChI=1S/C11H11ClN4O2S/c12-8-3-1-2-7(4-8)5-16-10(13)14-15-11(16)19-6-9(17)18/h1-4H,5-6H2,(H2,13,14)(H,17,18). The zero-order chi connectivity index (χ0) is 13.8. The van der Waals surface area contributed by atoms with Crippen molar-refractivity contribution in [1.29, 1.82) is 0 Å². The number of benzene rings is 1. The summed E-state index contributed by atoms with van der Waals surface area (Å²) in [5.41, 5.74) is 6.67. The summed E-state index contributed by atoms with van der Waals surface area (Å²) < 4.78 is 1.65. The number of carboxylic acids is 1. The van der Waals surface area contributed by atoms with Gasteiger partial charge in [-0.15, -0.1) is 10.2 Å². The minimum absolute atomic E-state index is 0.0896. The lowest BCUT2D eigenvalue weighted by Gasteiger charge is -2.07. The first-order valence-corrected chi connectivity index (χ1v) is 6.70. The number of hydrogen-bond donors (Lipinski definition) is 2. The second kappa shape index (κ2) is 5.94. The molecule has 0 radical (unpaired) electrons. The molecule has 0 fully saturated rings. The molecule has 0 saturated carbocycles. The van der Waals surface area contributed by atoms with E-state index in [9.17, 15) is 4.79 Å². The molecular weight excluding hydrogens is 288 g/mol. The first-order valence-electron chi connectivity index (χ1n) is 5.34. The van der Waals surface area contributed by atoms with Gasteiger partial charge in [0.05, 0.1) is 12.3 Å². The first-order chi connectivity index (χ1) is 9.06. The molecule has 1 aromatic carbocycles. The average Bonchev–Trinajstić information content (AvgIpc) is 2.68. The van der Waals surface area contributed by atoms with Crippen LogP contribution in [0.1, 0.15) is 5.56 Å². The molecule has 0 saturated heterocycles. The Bertz CT molecular complexity index is 602. The number of hydrogen-bond acceptors (Lipinski definition) is 5. The predicted octanol–water partition coefficient (Wildman–Crippen LogP) is 1.74. The fraction of sp³-hybridized carbons (Fsp3) is 0.182. The summed E-state index contributed by atoms with van der Waals surface area (Å²) in [6.07, 6.45) is 0. The number of halogens is 1. The largest absolute Gasteiger partial charge is 0.481 e. The third kappa shape index (κ3) is 3.62. The van der Waals surface area contributed by atoms with Crippen LogP contribution >= 0.6 is 23.4 Å². The van der Waals surface area contributed by atoms with Crippen molar-refractivity contribution >= 4 is 35.3 Å². The fourth-order valence-electron chi connectivity index (χ4n) is 1.50. The van der Waals surface area contributed by atoms with Crippen LogP contribution in [0.4, 0.5) is 5.95 Å². The number of nitrogens with zero attached hydrogens (tertiary/aromatic N) is 3. The van der Waals surface area contributed by atoms with Gasteiger partial charge in [-0.3, -0.25) is 9.36 Å². The summed E-state index contributed by atoms with van der Waals surface area (Å²) in [5.74, 6) is -0.762. The summed E-state index contributed by atoms with van der Waals surface area (Å²) in [7, 11) is 0. The van der Waals surface area contributed by atoms with Gasteiger partial charge < -0.3 is 10.8 Å². The molecule has 19 heavy (non-hydrogen) atoms. The molecule has 0 amide bonds. The smallest absolute Gasteiger partial charge is 0.313 e. The zero-order valence-corrected chi connectivity index (χ0v) is 11.4. The van der Waals surface area contributed by atoms with Crippen molar-refractivity contribution in [3.05, 3.63) is 34.9 Å². The normalized spacial score (nSPS) is 10.6. The molecule has 0 unspecified atom stereocenters. The van der Waals surface area contributed by atoms with Crippen molar-refractivity contribution in [1.82, 2.24) is 14.8 Å². The van der Waals surface area contributed by atoms with Crippen LogP contribution in [0, 0.1) is 0 Å². The summed E-state index contributed by atoms with van der Waals surface area (Å²) in [6, 6.07) is 7.33. The van der Waals surface area contributed by atoms with Gasteiger partial charge >= 0.3 is 5.97 Å². The van der Waals surface area contributed by atoms with E-state index < -0.39 is 5.97 Å². The number of aliphatic carboxylic acids is 1. The molecule has 0 bridgehead atoms. The van der Waals surface area contributed by atoms with Gasteiger partial charge in [-0.05, 0) is 17.7 Å². The molecule has 100 valence electrons. The summed E-state index contributed by atoms with van der Waals surface area (Å²) in [6.45, 7) is 0.446. The van der Waals surface area contributed by atoms with Crippen LogP contribution in [0.3, 0.4) is 0 Å². The van der Waals surface area contributed by atoms with E-state index in [0.717, 1.165) is 17.3 Å². The molecule has 3 N–H and O–H groups in total. The number of nitrogens with two attached hydrogens (primary N) is 1. The Morgan fingerprint density at radius 3 is 2.95 bits per heavy atom. The van der Waals surface area contributed by atoms with Gasteiger partial charge in [0.15, 0.2) is 5.16 Å². The Hall–Kier alpha value is -1.73. The van der Waals surface area contributed by atoms with Crippen molar-refractivity contribution in [2.24, 2.45) is 0 Å². The molecular formula is C11H11ClN4O2S. The van der Waals surface area contributed by atoms with Crippen molar-refractivity contribution in [2.75, 3.05) is 11.5 Å². The van der Waals surface area contributed by atoms with Crippen molar-refractivity contribution in [3.63, 3.8) is 0 Å². The molecule has 0 aliphatic carbocycles. The Kier molecular flexibility index (Phi) is 4.28. The zero-order valence-electron chi connectivity index (χ0n) is 9.78. The topological polar surface area (TPSA) is 94.0 Å². The molecule has 0 spiro atoms. The van der Waals surface area contributed by atoms with Gasteiger partial charge in [-0.2, -0.15) is 0 Å². The molecule has 8 heteroatoms. The van der Waals surface area contributed by atoms with Crippen LogP contribution < -0.4 is 5.73 Å². The van der Waals surface area contributed by atoms with Gasteiger partial charge in [0.2, 0.25) is 5.95 Å². The maximum Gasteiger partial charge on any atom is 0.313 e. The average molecular weight is 299 g/mol. The highest BCUT2D eigenvalue weighted by molar-refractivity contribution is 7.99. The highest BCUT2D eigenvalue weighted by Gasteiger charge is 2.12. The molecule has 1 aromatic heterocycles. The van der Waals surface area contributed by atoms with Crippen LogP contribution in [0.2, 0.25) is 5.02 Å². The molecule has 0 aliphatic heterocycles. The van der Waals surface area contributed by atoms with E-state index in [2.05, 4.69) is 10.2 Å². The SMILES string of the molecule is Nc1nnc(SCC(=O)O)n1Cc1cccc(Cl)c1. The van der Waals surface area contributed by atoms with Gasteiger partial charge in [-0.25, -0.2) is 0 Å². The highest BCUT2D eigenvalue weighted by atomic mass is 35.5. The fourth-order valence-corrected chi connectivity index (χ4v) is 2.38. The van der Waals surface area contributed by atoms with Crippen molar-refractivity contribution < 1.29 is 9.90 Å². The lowest BCUT2D eigenvalue weighted by Crippen LogP contribution is -2.07. The maximum atomic E-state index is 10.6. The van der Waals surface area contributed by atoms with Gasteiger partial charge in [-0.1, -0.05) is 35.5 Å². The Balaban J connectivity index is 2.19. The van der Waals surface area contributed by atoms with Crippen LogP contribution in [-0.4, -0.2) is 31.6 Å². The van der Waals surface area contributed by atoms with Crippen LogP contribution in [0.25, 0.3) is 0 Å².